The van der Waals surface area contributed by atoms with Crippen molar-refractivity contribution in [3.8, 4) is 5.75 Å². The Kier molecular flexibility index (Phi) is 2.64. The number of nitrogens with zero attached hydrogens (tertiary/aromatic N) is 1. The van der Waals surface area contributed by atoms with Crippen LogP contribution in [-0.2, 0) is 5.41 Å². The highest BCUT2D eigenvalue weighted by molar-refractivity contribution is 5.83. The molecule has 3 nitrogen and oxygen atoms in total. The maximum absolute atomic E-state index is 5.67. The van der Waals surface area contributed by atoms with Gasteiger partial charge in [0, 0.05) is 12.5 Å². The van der Waals surface area contributed by atoms with E-state index in [-0.39, 0.29) is 5.41 Å². The van der Waals surface area contributed by atoms with E-state index in [1.54, 1.807) is 7.11 Å². The summed E-state index contributed by atoms with van der Waals surface area (Å²) in [5.41, 5.74) is 3.93. The van der Waals surface area contributed by atoms with Gasteiger partial charge in [0.1, 0.15) is 11.3 Å². The van der Waals surface area contributed by atoms with Gasteiger partial charge in [0.2, 0.25) is 0 Å². The number of hydrogen-bond acceptors (Lipinski definition) is 3. The first kappa shape index (κ1) is 12.0. The number of oxazole rings is 1. The Hall–Kier alpha value is -1.51. The molecule has 1 aromatic heterocycles. The van der Waals surface area contributed by atoms with Gasteiger partial charge in [-0.25, -0.2) is 4.98 Å². The molecule has 0 unspecified atom stereocenters. The molecule has 0 N–H and O–H groups in total. The van der Waals surface area contributed by atoms with Gasteiger partial charge in [0.15, 0.2) is 11.5 Å². The van der Waals surface area contributed by atoms with Crippen LogP contribution >= 0.6 is 0 Å². The van der Waals surface area contributed by atoms with Gasteiger partial charge in [-0.15, -0.1) is 0 Å². The van der Waals surface area contributed by atoms with Crippen molar-refractivity contribution in [1.29, 1.82) is 0 Å². The molecule has 2 rings (SSSR count). The summed E-state index contributed by atoms with van der Waals surface area (Å²) in [5, 5.41) is 0. The van der Waals surface area contributed by atoms with Crippen molar-refractivity contribution in [3.05, 3.63) is 23.1 Å². The van der Waals surface area contributed by atoms with Crippen LogP contribution in [0.4, 0.5) is 0 Å². The fraction of sp³-hybridized carbons (Fsp3) is 0.500. The first-order chi connectivity index (χ1) is 7.84. The van der Waals surface area contributed by atoms with Crippen LogP contribution in [0.3, 0.4) is 0 Å². The molecule has 0 aliphatic carbocycles. The number of aromatic nitrogens is 1. The highest BCUT2D eigenvalue weighted by Gasteiger charge is 2.25. The van der Waals surface area contributed by atoms with E-state index >= 15 is 0 Å². The Morgan fingerprint density at radius 3 is 2.41 bits per heavy atom. The molecule has 1 aromatic carbocycles. The summed E-state index contributed by atoms with van der Waals surface area (Å²) in [7, 11) is 1.70. The number of benzene rings is 1. The highest BCUT2D eigenvalue weighted by atomic mass is 16.5. The number of aryl methyl sites for hydroxylation is 2. The average molecular weight is 233 g/mol. The van der Waals surface area contributed by atoms with Crippen LogP contribution in [-0.4, -0.2) is 12.1 Å². The molecule has 3 heteroatoms. The van der Waals surface area contributed by atoms with Crippen LogP contribution in [0, 0.1) is 13.8 Å². The van der Waals surface area contributed by atoms with Crippen molar-refractivity contribution in [2.24, 2.45) is 0 Å². The second-order valence-corrected chi connectivity index (χ2v) is 5.43. The standard InChI is InChI=1S/C14H19NO2/c1-8-7-10(16-6)11(14(3,4)5)12-13(8)17-9(2)15-12/h7H,1-6H3. The Morgan fingerprint density at radius 2 is 1.88 bits per heavy atom. The van der Waals surface area contributed by atoms with E-state index in [1.807, 2.05) is 19.9 Å². The lowest BCUT2D eigenvalue weighted by atomic mass is 9.84. The van der Waals surface area contributed by atoms with E-state index < -0.39 is 0 Å². The Morgan fingerprint density at radius 1 is 1.24 bits per heavy atom. The summed E-state index contributed by atoms with van der Waals surface area (Å²) in [6.07, 6.45) is 0. The molecule has 0 amide bonds. The second kappa shape index (κ2) is 3.76. The van der Waals surface area contributed by atoms with Crippen molar-refractivity contribution >= 4 is 11.1 Å². The molecule has 92 valence electrons. The van der Waals surface area contributed by atoms with Crippen LogP contribution in [0.15, 0.2) is 10.5 Å². The van der Waals surface area contributed by atoms with Crippen LogP contribution < -0.4 is 4.74 Å². The predicted octanol–water partition coefficient (Wildman–Crippen LogP) is 3.75. The third-order valence-electron chi connectivity index (χ3n) is 2.89. The average Bonchev–Trinajstić information content (AvgIpc) is 2.57. The van der Waals surface area contributed by atoms with Gasteiger partial charge in [0.05, 0.1) is 7.11 Å². The van der Waals surface area contributed by atoms with Crippen molar-refractivity contribution in [3.63, 3.8) is 0 Å². The topological polar surface area (TPSA) is 35.3 Å². The Bertz CT molecular complexity index is 562. The first-order valence-corrected chi connectivity index (χ1v) is 5.80. The number of ether oxygens (including phenoxy) is 1. The summed E-state index contributed by atoms with van der Waals surface area (Å²) in [6, 6.07) is 2.02. The van der Waals surface area contributed by atoms with Gasteiger partial charge in [0.25, 0.3) is 0 Å². The normalized spacial score (nSPS) is 12.1. The fourth-order valence-corrected chi connectivity index (χ4v) is 2.20. The maximum atomic E-state index is 5.67. The molecular formula is C14H19NO2. The van der Waals surface area contributed by atoms with Gasteiger partial charge < -0.3 is 9.15 Å². The van der Waals surface area contributed by atoms with Crippen LogP contribution in [0.5, 0.6) is 5.75 Å². The molecule has 0 fully saturated rings. The first-order valence-electron chi connectivity index (χ1n) is 5.80. The number of rotatable bonds is 1. The third kappa shape index (κ3) is 1.90. The molecule has 2 aromatic rings. The van der Waals surface area contributed by atoms with Gasteiger partial charge >= 0.3 is 0 Å². The van der Waals surface area contributed by atoms with Gasteiger partial charge in [-0.05, 0) is 24.0 Å². The third-order valence-corrected chi connectivity index (χ3v) is 2.89. The van der Waals surface area contributed by atoms with Crippen LogP contribution in [0.1, 0.15) is 37.8 Å². The molecule has 0 aliphatic heterocycles. The molecular weight excluding hydrogens is 214 g/mol. The Balaban J connectivity index is 2.91. The number of fused-ring (bicyclic) bond motifs is 1. The van der Waals surface area contributed by atoms with Gasteiger partial charge in [-0.1, -0.05) is 20.8 Å². The summed E-state index contributed by atoms with van der Waals surface area (Å²) in [6.45, 7) is 10.4. The minimum absolute atomic E-state index is 0.0272. The zero-order valence-electron chi connectivity index (χ0n) is 11.3. The summed E-state index contributed by atoms with van der Waals surface area (Å²) in [4.78, 5) is 4.50. The van der Waals surface area contributed by atoms with Crippen LogP contribution in [0.25, 0.3) is 11.1 Å². The maximum Gasteiger partial charge on any atom is 0.192 e. The summed E-state index contributed by atoms with van der Waals surface area (Å²) in [5.74, 6) is 1.58. The lowest BCUT2D eigenvalue weighted by Crippen LogP contribution is -2.14. The molecule has 0 saturated heterocycles. The molecule has 0 radical (unpaired) electrons. The van der Waals surface area contributed by atoms with E-state index in [0.717, 1.165) is 28.0 Å². The highest BCUT2D eigenvalue weighted by Crippen LogP contribution is 2.38. The van der Waals surface area contributed by atoms with E-state index in [1.165, 1.54) is 0 Å². The molecule has 17 heavy (non-hydrogen) atoms. The molecule has 0 aliphatic rings. The largest absolute Gasteiger partial charge is 0.496 e. The monoisotopic (exact) mass is 233 g/mol. The fourth-order valence-electron chi connectivity index (χ4n) is 2.20. The van der Waals surface area contributed by atoms with E-state index in [2.05, 4.69) is 25.8 Å². The minimum Gasteiger partial charge on any atom is -0.496 e. The lowest BCUT2D eigenvalue weighted by Gasteiger charge is -2.22. The molecule has 0 atom stereocenters. The van der Waals surface area contributed by atoms with E-state index in [9.17, 15) is 0 Å². The van der Waals surface area contributed by atoms with Crippen molar-refractivity contribution in [1.82, 2.24) is 4.98 Å². The van der Waals surface area contributed by atoms with Crippen molar-refractivity contribution < 1.29 is 9.15 Å². The minimum atomic E-state index is -0.0272. The lowest BCUT2D eigenvalue weighted by molar-refractivity contribution is 0.398. The molecule has 1 heterocycles. The number of hydrogen-bond donors (Lipinski definition) is 0. The Labute approximate surface area is 102 Å². The molecule has 0 bridgehead atoms. The zero-order valence-corrected chi connectivity index (χ0v) is 11.3. The zero-order chi connectivity index (χ0) is 12.8. The van der Waals surface area contributed by atoms with Crippen molar-refractivity contribution in [2.75, 3.05) is 7.11 Å². The SMILES string of the molecule is COc1cc(C)c2oc(C)nc2c1C(C)(C)C. The van der Waals surface area contributed by atoms with E-state index in [4.69, 9.17) is 9.15 Å². The smallest absolute Gasteiger partial charge is 0.192 e. The van der Waals surface area contributed by atoms with Crippen LogP contribution in [0.2, 0.25) is 0 Å². The van der Waals surface area contributed by atoms with E-state index in [0.29, 0.717) is 5.89 Å². The van der Waals surface area contributed by atoms with Crippen molar-refractivity contribution in [2.45, 2.75) is 40.0 Å². The number of methoxy groups -OCH3 is 1. The second-order valence-electron chi connectivity index (χ2n) is 5.43. The molecule has 0 spiro atoms. The molecule has 0 saturated carbocycles. The summed E-state index contributed by atoms with van der Waals surface area (Å²) >= 11 is 0. The van der Waals surface area contributed by atoms with Gasteiger partial charge in [-0.2, -0.15) is 0 Å². The van der Waals surface area contributed by atoms with Gasteiger partial charge in [-0.3, -0.25) is 0 Å². The quantitative estimate of drug-likeness (QED) is 0.752. The summed E-state index contributed by atoms with van der Waals surface area (Å²) < 4.78 is 11.2. The predicted molar refractivity (Wildman–Crippen MR) is 68.7 cm³/mol.